The van der Waals surface area contributed by atoms with Gasteiger partial charge in [0.05, 0.1) is 12.7 Å². The Morgan fingerprint density at radius 1 is 1.48 bits per heavy atom. The minimum atomic E-state index is -4.68. The minimum Gasteiger partial charge on any atom is -0.382 e. The molecule has 9 heteroatoms. The lowest BCUT2D eigenvalue weighted by atomic mass is 10.3. The van der Waals surface area contributed by atoms with Crippen LogP contribution in [0, 0.1) is 0 Å². The SMILES string of the molecule is CN(CC(=O)N(C)Cc1cnn(C)c1)CC(O)C(F)(F)F. The highest BCUT2D eigenvalue weighted by Gasteiger charge is 2.38. The molecular formula is C12H19F3N4O2. The zero-order chi connectivity index (χ0) is 16.2. The Labute approximate surface area is 120 Å². The number of hydrogen-bond acceptors (Lipinski definition) is 4. The average molecular weight is 308 g/mol. The molecule has 0 aromatic carbocycles. The van der Waals surface area contributed by atoms with E-state index in [9.17, 15) is 18.0 Å². The molecule has 1 aromatic heterocycles. The Morgan fingerprint density at radius 3 is 2.57 bits per heavy atom. The van der Waals surface area contributed by atoms with Gasteiger partial charge in [-0.3, -0.25) is 14.4 Å². The first-order chi connectivity index (χ1) is 9.59. The highest BCUT2D eigenvalue weighted by atomic mass is 19.4. The summed E-state index contributed by atoms with van der Waals surface area (Å²) in [7, 11) is 4.66. The Kier molecular flexibility index (Phi) is 5.73. The monoisotopic (exact) mass is 308 g/mol. The molecule has 120 valence electrons. The third kappa shape index (κ3) is 5.72. The van der Waals surface area contributed by atoms with Gasteiger partial charge in [-0.2, -0.15) is 18.3 Å². The maximum absolute atomic E-state index is 12.2. The van der Waals surface area contributed by atoms with E-state index in [4.69, 9.17) is 5.11 Å². The number of aromatic nitrogens is 2. The number of aliphatic hydroxyl groups is 1. The average Bonchev–Trinajstić information content (AvgIpc) is 2.73. The maximum atomic E-state index is 12.2. The van der Waals surface area contributed by atoms with E-state index < -0.39 is 18.8 Å². The van der Waals surface area contributed by atoms with E-state index in [2.05, 4.69) is 5.10 Å². The molecule has 6 nitrogen and oxygen atoms in total. The van der Waals surface area contributed by atoms with Crippen LogP contribution in [0.1, 0.15) is 5.56 Å². The predicted octanol–water partition coefficient (Wildman–Crippen LogP) is 0.233. The van der Waals surface area contributed by atoms with E-state index in [1.807, 2.05) is 0 Å². The molecule has 0 radical (unpaired) electrons. The van der Waals surface area contributed by atoms with Crippen LogP contribution in [0.5, 0.6) is 0 Å². The molecule has 1 unspecified atom stereocenters. The van der Waals surface area contributed by atoms with Gasteiger partial charge in [0.2, 0.25) is 5.91 Å². The standard InChI is InChI=1S/C12H19F3N4O2/c1-17(7-10(20)12(13,14)15)8-11(21)18(2)5-9-4-16-19(3)6-9/h4,6,10,20H,5,7-8H2,1-3H3. The number of nitrogens with zero attached hydrogens (tertiary/aromatic N) is 4. The smallest absolute Gasteiger partial charge is 0.382 e. The number of rotatable bonds is 6. The van der Waals surface area contributed by atoms with Crippen molar-refractivity contribution in [2.45, 2.75) is 18.8 Å². The van der Waals surface area contributed by atoms with E-state index in [-0.39, 0.29) is 12.5 Å². The number of alkyl halides is 3. The fourth-order valence-corrected chi connectivity index (χ4v) is 1.73. The molecule has 21 heavy (non-hydrogen) atoms. The Morgan fingerprint density at radius 2 is 2.10 bits per heavy atom. The number of carbonyl (C=O) groups is 1. The van der Waals surface area contributed by atoms with Crippen LogP contribution in [-0.4, -0.2) is 70.1 Å². The highest BCUT2D eigenvalue weighted by molar-refractivity contribution is 5.77. The van der Waals surface area contributed by atoms with Crippen molar-refractivity contribution in [3.63, 3.8) is 0 Å². The Bertz CT molecular complexity index is 475. The summed E-state index contributed by atoms with van der Waals surface area (Å²) in [6.07, 6.45) is -3.78. The number of halogens is 3. The van der Waals surface area contributed by atoms with Gasteiger partial charge in [0.1, 0.15) is 0 Å². The van der Waals surface area contributed by atoms with Crippen LogP contribution < -0.4 is 0 Å². The summed E-state index contributed by atoms with van der Waals surface area (Å²) in [5, 5.41) is 12.9. The third-order valence-electron chi connectivity index (χ3n) is 2.87. The second-order valence-electron chi connectivity index (χ2n) is 5.03. The summed E-state index contributed by atoms with van der Waals surface area (Å²) in [5.74, 6) is -0.337. The quantitative estimate of drug-likeness (QED) is 0.817. The number of carbonyl (C=O) groups excluding carboxylic acids is 1. The van der Waals surface area contributed by atoms with Gasteiger partial charge >= 0.3 is 6.18 Å². The lowest BCUT2D eigenvalue weighted by Crippen LogP contribution is -2.43. The normalized spacial score (nSPS) is 13.5. The molecular weight excluding hydrogens is 289 g/mol. The molecule has 1 amide bonds. The largest absolute Gasteiger partial charge is 0.415 e. The van der Waals surface area contributed by atoms with E-state index >= 15 is 0 Å². The fourth-order valence-electron chi connectivity index (χ4n) is 1.73. The molecule has 0 bridgehead atoms. The molecule has 1 heterocycles. The van der Waals surface area contributed by atoms with Crippen molar-refractivity contribution in [3.8, 4) is 0 Å². The summed E-state index contributed by atoms with van der Waals surface area (Å²) in [4.78, 5) is 14.4. The minimum absolute atomic E-state index is 0.204. The van der Waals surface area contributed by atoms with Crippen molar-refractivity contribution in [2.24, 2.45) is 7.05 Å². The summed E-state index contributed by atoms with van der Waals surface area (Å²) >= 11 is 0. The van der Waals surface area contributed by atoms with Crippen molar-refractivity contribution < 1.29 is 23.1 Å². The van der Waals surface area contributed by atoms with Crippen LogP contribution >= 0.6 is 0 Å². The topological polar surface area (TPSA) is 61.6 Å². The van der Waals surface area contributed by atoms with Crippen LogP contribution in [0.4, 0.5) is 13.2 Å². The van der Waals surface area contributed by atoms with Gasteiger partial charge in [-0.1, -0.05) is 0 Å². The van der Waals surface area contributed by atoms with Gasteiger partial charge in [-0.15, -0.1) is 0 Å². The number of likely N-dealkylation sites (N-methyl/N-ethyl adjacent to an activating group) is 2. The molecule has 0 saturated carbocycles. The maximum Gasteiger partial charge on any atom is 0.415 e. The summed E-state index contributed by atoms with van der Waals surface area (Å²) in [5.41, 5.74) is 0.825. The first-order valence-corrected chi connectivity index (χ1v) is 6.24. The molecule has 0 fully saturated rings. The van der Waals surface area contributed by atoms with Crippen LogP contribution in [0.3, 0.4) is 0 Å². The molecule has 0 saturated heterocycles. The number of aliphatic hydroxyl groups excluding tert-OH is 1. The summed E-state index contributed by atoms with van der Waals surface area (Å²) in [6, 6.07) is 0. The van der Waals surface area contributed by atoms with Crippen LogP contribution in [0.25, 0.3) is 0 Å². The van der Waals surface area contributed by atoms with Gasteiger partial charge in [-0.25, -0.2) is 0 Å². The van der Waals surface area contributed by atoms with Crippen molar-refractivity contribution in [3.05, 3.63) is 18.0 Å². The van der Waals surface area contributed by atoms with Crippen molar-refractivity contribution in [1.29, 1.82) is 0 Å². The fraction of sp³-hybridized carbons (Fsp3) is 0.667. The molecule has 0 aliphatic heterocycles. The molecule has 1 atom stereocenters. The zero-order valence-corrected chi connectivity index (χ0v) is 12.1. The number of hydrogen-bond donors (Lipinski definition) is 1. The summed E-state index contributed by atoms with van der Waals surface area (Å²) < 4.78 is 38.2. The van der Waals surface area contributed by atoms with E-state index in [0.717, 1.165) is 10.5 Å². The van der Waals surface area contributed by atoms with Crippen LogP contribution in [0.15, 0.2) is 12.4 Å². The van der Waals surface area contributed by atoms with Crippen molar-refractivity contribution in [2.75, 3.05) is 27.2 Å². The van der Waals surface area contributed by atoms with Gasteiger partial charge < -0.3 is 10.0 Å². The van der Waals surface area contributed by atoms with Gasteiger partial charge in [0, 0.05) is 38.9 Å². The molecule has 0 spiro atoms. The second-order valence-corrected chi connectivity index (χ2v) is 5.03. The van der Waals surface area contributed by atoms with Gasteiger partial charge in [0.15, 0.2) is 6.10 Å². The molecule has 1 N–H and O–H groups in total. The van der Waals surface area contributed by atoms with Crippen LogP contribution in [-0.2, 0) is 18.4 Å². The third-order valence-corrected chi connectivity index (χ3v) is 2.87. The van der Waals surface area contributed by atoms with E-state index in [1.165, 1.54) is 11.9 Å². The predicted molar refractivity (Wildman–Crippen MR) is 69.2 cm³/mol. The molecule has 0 aliphatic rings. The number of amides is 1. The van der Waals surface area contributed by atoms with Gasteiger partial charge in [-0.05, 0) is 7.05 Å². The number of aryl methyl sites for hydroxylation is 1. The van der Waals surface area contributed by atoms with Crippen LogP contribution in [0.2, 0.25) is 0 Å². The van der Waals surface area contributed by atoms with Crippen molar-refractivity contribution in [1.82, 2.24) is 19.6 Å². The molecule has 1 aromatic rings. The lowest BCUT2D eigenvalue weighted by Gasteiger charge is -2.24. The highest BCUT2D eigenvalue weighted by Crippen LogP contribution is 2.20. The lowest BCUT2D eigenvalue weighted by molar-refractivity contribution is -0.207. The summed E-state index contributed by atoms with van der Waals surface area (Å²) in [6.45, 7) is -0.526. The molecule has 1 rings (SSSR count). The molecule has 0 aliphatic carbocycles. The zero-order valence-electron chi connectivity index (χ0n) is 12.1. The Balaban J connectivity index is 2.44. The second kappa shape index (κ2) is 6.90. The first-order valence-electron chi connectivity index (χ1n) is 6.24. The Hall–Kier alpha value is -1.61. The van der Waals surface area contributed by atoms with E-state index in [0.29, 0.717) is 6.54 Å². The van der Waals surface area contributed by atoms with E-state index in [1.54, 1.807) is 31.2 Å². The first kappa shape index (κ1) is 17.4. The van der Waals surface area contributed by atoms with Crippen molar-refractivity contribution >= 4 is 5.91 Å². The van der Waals surface area contributed by atoms with Gasteiger partial charge in [0.25, 0.3) is 0 Å².